The third kappa shape index (κ3) is 1.27. The number of nitrogen functional groups attached to an aromatic ring is 1. The van der Waals surface area contributed by atoms with Gasteiger partial charge in [-0.15, -0.1) is 0 Å². The second-order valence-corrected chi connectivity index (χ2v) is 3.73. The summed E-state index contributed by atoms with van der Waals surface area (Å²) in [4.78, 5) is 8.24. The van der Waals surface area contributed by atoms with Gasteiger partial charge < -0.3 is 11.1 Å². The lowest BCUT2D eigenvalue weighted by Crippen LogP contribution is -2.18. The van der Waals surface area contributed by atoms with Gasteiger partial charge in [-0.2, -0.15) is 0 Å². The standard InChI is InChI=1S/C9H14N4/c1-5(2)7-8-6(3-11-7)9(10)13-4-12-8/h4-5,7,11H,3H2,1-2H3,(H2,10,12,13). The van der Waals surface area contributed by atoms with Crippen LogP contribution in [0.15, 0.2) is 6.33 Å². The van der Waals surface area contributed by atoms with Crippen LogP contribution in [0.25, 0.3) is 0 Å². The first-order valence-electron chi connectivity index (χ1n) is 4.52. The first kappa shape index (κ1) is 8.44. The van der Waals surface area contributed by atoms with E-state index in [0.717, 1.165) is 17.8 Å². The lowest BCUT2D eigenvalue weighted by molar-refractivity contribution is 0.434. The maximum Gasteiger partial charge on any atom is 0.131 e. The van der Waals surface area contributed by atoms with Gasteiger partial charge >= 0.3 is 0 Å². The molecule has 0 aliphatic carbocycles. The van der Waals surface area contributed by atoms with Crippen LogP contribution in [-0.2, 0) is 6.54 Å². The minimum Gasteiger partial charge on any atom is -0.383 e. The number of fused-ring (bicyclic) bond motifs is 1. The number of nitrogens with zero attached hydrogens (tertiary/aromatic N) is 2. The summed E-state index contributed by atoms with van der Waals surface area (Å²) < 4.78 is 0. The van der Waals surface area contributed by atoms with Gasteiger partial charge in [0.1, 0.15) is 12.1 Å². The second-order valence-electron chi connectivity index (χ2n) is 3.73. The molecule has 4 nitrogen and oxygen atoms in total. The molecule has 1 aromatic rings. The maximum absolute atomic E-state index is 5.74. The summed E-state index contributed by atoms with van der Waals surface area (Å²) >= 11 is 0. The van der Waals surface area contributed by atoms with Gasteiger partial charge in [0.25, 0.3) is 0 Å². The molecule has 0 aromatic carbocycles. The molecule has 1 aliphatic rings. The lowest BCUT2D eigenvalue weighted by Gasteiger charge is -2.14. The molecular formula is C9H14N4. The molecule has 0 saturated carbocycles. The van der Waals surface area contributed by atoms with Crippen molar-refractivity contribution in [1.29, 1.82) is 0 Å². The zero-order valence-corrected chi connectivity index (χ0v) is 7.91. The molecule has 4 heteroatoms. The Morgan fingerprint density at radius 1 is 1.54 bits per heavy atom. The molecule has 70 valence electrons. The number of nitrogens with two attached hydrogens (primary N) is 1. The molecule has 0 fully saturated rings. The van der Waals surface area contributed by atoms with E-state index in [1.165, 1.54) is 6.33 Å². The molecule has 13 heavy (non-hydrogen) atoms. The van der Waals surface area contributed by atoms with Crippen molar-refractivity contribution in [3.8, 4) is 0 Å². The van der Waals surface area contributed by atoms with Crippen LogP contribution in [0.4, 0.5) is 5.82 Å². The highest BCUT2D eigenvalue weighted by molar-refractivity contribution is 5.44. The number of anilines is 1. The SMILES string of the molecule is CC(C)C1NCc2c(N)ncnc21. The van der Waals surface area contributed by atoms with Crippen molar-refractivity contribution in [2.45, 2.75) is 26.4 Å². The quantitative estimate of drug-likeness (QED) is 0.669. The van der Waals surface area contributed by atoms with E-state index in [0.29, 0.717) is 17.8 Å². The Morgan fingerprint density at radius 2 is 2.31 bits per heavy atom. The number of hydrogen-bond donors (Lipinski definition) is 2. The van der Waals surface area contributed by atoms with Crippen molar-refractivity contribution >= 4 is 5.82 Å². The monoisotopic (exact) mass is 178 g/mol. The van der Waals surface area contributed by atoms with Gasteiger partial charge in [0, 0.05) is 12.1 Å². The highest BCUT2D eigenvalue weighted by Gasteiger charge is 2.27. The normalized spacial score (nSPS) is 20.7. The molecular weight excluding hydrogens is 164 g/mol. The van der Waals surface area contributed by atoms with Gasteiger partial charge in [0.15, 0.2) is 0 Å². The van der Waals surface area contributed by atoms with Crippen molar-refractivity contribution in [1.82, 2.24) is 15.3 Å². The molecule has 1 atom stereocenters. The van der Waals surface area contributed by atoms with Gasteiger partial charge in [-0.3, -0.25) is 0 Å². The maximum atomic E-state index is 5.74. The molecule has 2 heterocycles. The summed E-state index contributed by atoms with van der Waals surface area (Å²) in [5.74, 6) is 1.15. The van der Waals surface area contributed by atoms with Crippen LogP contribution < -0.4 is 11.1 Å². The zero-order chi connectivity index (χ0) is 9.42. The van der Waals surface area contributed by atoms with Gasteiger partial charge in [0.2, 0.25) is 0 Å². The first-order chi connectivity index (χ1) is 6.20. The molecule has 1 unspecified atom stereocenters. The molecule has 0 spiro atoms. The summed E-state index contributed by atoms with van der Waals surface area (Å²) in [5, 5.41) is 3.38. The Labute approximate surface area is 77.6 Å². The van der Waals surface area contributed by atoms with E-state index in [-0.39, 0.29) is 0 Å². The first-order valence-corrected chi connectivity index (χ1v) is 4.52. The van der Waals surface area contributed by atoms with E-state index in [1.807, 2.05) is 0 Å². The van der Waals surface area contributed by atoms with Crippen molar-refractivity contribution in [2.75, 3.05) is 5.73 Å². The lowest BCUT2D eigenvalue weighted by atomic mass is 10.0. The zero-order valence-electron chi connectivity index (χ0n) is 7.91. The van der Waals surface area contributed by atoms with E-state index in [1.54, 1.807) is 0 Å². The fraction of sp³-hybridized carbons (Fsp3) is 0.556. The third-order valence-corrected chi connectivity index (χ3v) is 2.47. The molecule has 0 bridgehead atoms. The van der Waals surface area contributed by atoms with Crippen molar-refractivity contribution in [3.63, 3.8) is 0 Å². The molecule has 1 aliphatic heterocycles. The van der Waals surface area contributed by atoms with Crippen molar-refractivity contribution in [2.24, 2.45) is 5.92 Å². The van der Waals surface area contributed by atoms with E-state index in [4.69, 9.17) is 5.73 Å². The van der Waals surface area contributed by atoms with Crippen LogP contribution in [0.1, 0.15) is 31.1 Å². The number of hydrogen-bond acceptors (Lipinski definition) is 4. The van der Waals surface area contributed by atoms with E-state index in [9.17, 15) is 0 Å². The minimum absolute atomic E-state index is 0.334. The molecule has 0 radical (unpaired) electrons. The fourth-order valence-electron chi connectivity index (χ4n) is 1.75. The van der Waals surface area contributed by atoms with Crippen LogP contribution in [0.2, 0.25) is 0 Å². The van der Waals surface area contributed by atoms with Crippen LogP contribution >= 0.6 is 0 Å². The van der Waals surface area contributed by atoms with Crippen LogP contribution in [-0.4, -0.2) is 9.97 Å². The average molecular weight is 178 g/mol. The highest BCUT2D eigenvalue weighted by Crippen LogP contribution is 2.30. The molecule has 0 saturated heterocycles. The fourth-order valence-corrected chi connectivity index (χ4v) is 1.75. The van der Waals surface area contributed by atoms with Crippen molar-refractivity contribution in [3.05, 3.63) is 17.6 Å². The Balaban J connectivity index is 2.43. The molecule has 3 N–H and O–H groups in total. The summed E-state index contributed by atoms with van der Waals surface area (Å²) in [7, 11) is 0. The van der Waals surface area contributed by atoms with E-state index in [2.05, 4.69) is 29.1 Å². The summed E-state index contributed by atoms with van der Waals surface area (Å²) in [6, 6.07) is 0.334. The Kier molecular flexibility index (Phi) is 1.92. The van der Waals surface area contributed by atoms with Gasteiger partial charge in [-0.1, -0.05) is 13.8 Å². The molecule has 2 rings (SSSR count). The molecule has 1 aromatic heterocycles. The average Bonchev–Trinajstić information content (AvgIpc) is 2.48. The summed E-state index contributed by atoms with van der Waals surface area (Å²) in [5.41, 5.74) is 7.89. The molecule has 0 amide bonds. The van der Waals surface area contributed by atoms with Crippen LogP contribution in [0, 0.1) is 5.92 Å². The number of nitrogens with one attached hydrogen (secondary N) is 1. The van der Waals surface area contributed by atoms with Gasteiger partial charge in [0.05, 0.1) is 11.7 Å². The smallest absolute Gasteiger partial charge is 0.131 e. The van der Waals surface area contributed by atoms with Crippen LogP contribution in [0.3, 0.4) is 0 Å². The number of rotatable bonds is 1. The summed E-state index contributed by atoms with van der Waals surface area (Å²) in [6.07, 6.45) is 1.54. The van der Waals surface area contributed by atoms with Gasteiger partial charge in [-0.25, -0.2) is 9.97 Å². The Hall–Kier alpha value is -1.16. The largest absolute Gasteiger partial charge is 0.383 e. The third-order valence-electron chi connectivity index (χ3n) is 2.47. The predicted molar refractivity (Wildman–Crippen MR) is 50.9 cm³/mol. The second kappa shape index (κ2) is 2.96. The van der Waals surface area contributed by atoms with E-state index >= 15 is 0 Å². The number of aromatic nitrogens is 2. The van der Waals surface area contributed by atoms with Gasteiger partial charge in [-0.05, 0) is 5.92 Å². The Morgan fingerprint density at radius 3 is 3.00 bits per heavy atom. The van der Waals surface area contributed by atoms with Crippen LogP contribution in [0.5, 0.6) is 0 Å². The van der Waals surface area contributed by atoms with E-state index < -0.39 is 0 Å². The highest BCUT2D eigenvalue weighted by atomic mass is 15.0. The minimum atomic E-state index is 0.334. The topological polar surface area (TPSA) is 63.8 Å². The Bertz CT molecular complexity index is 321. The van der Waals surface area contributed by atoms with Crippen molar-refractivity contribution < 1.29 is 0 Å². The summed E-state index contributed by atoms with van der Waals surface area (Å²) in [6.45, 7) is 5.14. The predicted octanol–water partition coefficient (Wildman–Crippen LogP) is 0.859.